The molecular formula is C15H24OS. The molecule has 0 amide bonds. The van der Waals surface area contributed by atoms with Crippen molar-refractivity contribution in [1.29, 1.82) is 0 Å². The predicted molar refractivity (Wildman–Crippen MR) is 74.4 cm³/mol. The third-order valence-electron chi connectivity index (χ3n) is 4.11. The lowest BCUT2D eigenvalue weighted by Crippen LogP contribution is -2.48. The van der Waals surface area contributed by atoms with E-state index < -0.39 is 5.60 Å². The van der Waals surface area contributed by atoms with Crippen molar-refractivity contribution >= 4 is 11.3 Å². The van der Waals surface area contributed by atoms with Gasteiger partial charge in [0.15, 0.2) is 0 Å². The lowest BCUT2D eigenvalue weighted by molar-refractivity contribution is -0.0884. The van der Waals surface area contributed by atoms with Gasteiger partial charge in [0.25, 0.3) is 0 Å². The van der Waals surface area contributed by atoms with Crippen molar-refractivity contribution in [2.75, 3.05) is 0 Å². The Hall–Kier alpha value is -0.340. The average Bonchev–Trinajstić information content (AvgIpc) is 2.68. The van der Waals surface area contributed by atoms with Crippen LogP contribution in [-0.4, -0.2) is 10.7 Å². The summed E-state index contributed by atoms with van der Waals surface area (Å²) in [7, 11) is 0. The van der Waals surface area contributed by atoms with Crippen molar-refractivity contribution < 1.29 is 5.11 Å². The second kappa shape index (κ2) is 4.74. The van der Waals surface area contributed by atoms with Gasteiger partial charge in [-0.2, -0.15) is 0 Å². The molecule has 1 N–H and O–H groups in total. The molecule has 1 aliphatic rings. The maximum Gasteiger partial charge on any atom is 0.0728 e. The lowest BCUT2D eigenvalue weighted by Gasteiger charge is -2.47. The molecule has 2 rings (SSSR count). The summed E-state index contributed by atoms with van der Waals surface area (Å²) in [6, 6.07) is 4.23. The molecule has 1 nitrogen and oxygen atoms in total. The van der Waals surface area contributed by atoms with Crippen LogP contribution in [0.15, 0.2) is 17.5 Å². The SMILES string of the molecule is CC(C)(C)C1CCCCC1(O)Cc1cccs1. The van der Waals surface area contributed by atoms with Crippen LogP contribution in [0.2, 0.25) is 0 Å². The van der Waals surface area contributed by atoms with Crippen LogP contribution in [0.3, 0.4) is 0 Å². The fraction of sp³-hybridized carbons (Fsp3) is 0.733. The Bertz CT molecular complexity index is 349. The Labute approximate surface area is 109 Å². The quantitative estimate of drug-likeness (QED) is 0.834. The number of thiophene rings is 1. The van der Waals surface area contributed by atoms with E-state index >= 15 is 0 Å². The first kappa shape index (κ1) is 13.1. The van der Waals surface area contributed by atoms with Crippen LogP contribution >= 0.6 is 11.3 Å². The molecule has 1 fully saturated rings. The first-order valence-corrected chi connectivity index (χ1v) is 7.54. The Kier molecular flexibility index (Phi) is 3.65. The van der Waals surface area contributed by atoms with Gasteiger partial charge >= 0.3 is 0 Å². The predicted octanol–water partition coefficient (Wildman–Crippen LogP) is 4.26. The highest BCUT2D eigenvalue weighted by Gasteiger charge is 2.44. The zero-order valence-corrected chi connectivity index (χ0v) is 12.0. The zero-order valence-electron chi connectivity index (χ0n) is 11.2. The summed E-state index contributed by atoms with van der Waals surface area (Å²) in [5, 5.41) is 13.1. The number of aliphatic hydroxyl groups is 1. The molecule has 1 heterocycles. The molecule has 17 heavy (non-hydrogen) atoms. The second-order valence-corrected chi connectivity index (χ2v) is 7.56. The van der Waals surface area contributed by atoms with Crippen LogP contribution < -0.4 is 0 Å². The van der Waals surface area contributed by atoms with Gasteiger partial charge in [0, 0.05) is 11.3 Å². The minimum atomic E-state index is -0.485. The minimum Gasteiger partial charge on any atom is -0.389 e. The third-order valence-corrected chi connectivity index (χ3v) is 4.98. The van der Waals surface area contributed by atoms with Crippen LogP contribution in [0, 0.1) is 11.3 Å². The van der Waals surface area contributed by atoms with Gasteiger partial charge in [-0.15, -0.1) is 11.3 Å². The van der Waals surface area contributed by atoms with Gasteiger partial charge in [-0.25, -0.2) is 0 Å². The van der Waals surface area contributed by atoms with E-state index in [9.17, 15) is 5.11 Å². The molecule has 1 aromatic rings. The average molecular weight is 252 g/mol. The fourth-order valence-electron chi connectivity index (χ4n) is 3.39. The van der Waals surface area contributed by atoms with E-state index in [1.807, 2.05) is 0 Å². The van der Waals surface area contributed by atoms with E-state index in [-0.39, 0.29) is 5.41 Å². The standard InChI is InChI=1S/C15H24OS/c1-14(2,3)13-8-4-5-9-15(13,16)11-12-7-6-10-17-12/h6-7,10,13,16H,4-5,8-9,11H2,1-3H3. The van der Waals surface area contributed by atoms with E-state index in [1.165, 1.54) is 24.1 Å². The van der Waals surface area contributed by atoms with Gasteiger partial charge in [0.05, 0.1) is 5.60 Å². The summed E-state index contributed by atoms with van der Waals surface area (Å²) >= 11 is 1.77. The highest BCUT2D eigenvalue weighted by Crippen LogP contribution is 2.46. The molecule has 2 heteroatoms. The Morgan fingerprint density at radius 3 is 2.76 bits per heavy atom. The van der Waals surface area contributed by atoms with E-state index in [1.54, 1.807) is 11.3 Å². The van der Waals surface area contributed by atoms with Crippen molar-refractivity contribution in [3.8, 4) is 0 Å². The van der Waals surface area contributed by atoms with Gasteiger partial charge < -0.3 is 5.11 Å². The van der Waals surface area contributed by atoms with Crippen LogP contribution in [-0.2, 0) is 6.42 Å². The van der Waals surface area contributed by atoms with Crippen LogP contribution in [0.5, 0.6) is 0 Å². The molecular weight excluding hydrogens is 228 g/mol. The second-order valence-electron chi connectivity index (χ2n) is 6.52. The normalized spacial score (nSPS) is 30.5. The van der Waals surface area contributed by atoms with Crippen molar-refractivity contribution in [3.63, 3.8) is 0 Å². The molecule has 0 spiro atoms. The summed E-state index contributed by atoms with van der Waals surface area (Å²) in [6.45, 7) is 6.80. The Morgan fingerprint density at radius 2 is 2.18 bits per heavy atom. The molecule has 1 aliphatic carbocycles. The Balaban J connectivity index is 2.19. The summed E-state index contributed by atoms with van der Waals surface area (Å²) in [6.07, 6.45) is 5.42. The number of hydrogen-bond acceptors (Lipinski definition) is 2. The van der Waals surface area contributed by atoms with E-state index in [2.05, 4.69) is 38.3 Å². The molecule has 0 aromatic carbocycles. The van der Waals surface area contributed by atoms with Crippen molar-refractivity contribution in [3.05, 3.63) is 22.4 Å². The molecule has 0 radical (unpaired) electrons. The van der Waals surface area contributed by atoms with Crippen LogP contribution in [0.4, 0.5) is 0 Å². The molecule has 96 valence electrons. The summed E-state index contributed by atoms with van der Waals surface area (Å²) in [5.41, 5.74) is -0.284. The molecule has 1 aromatic heterocycles. The van der Waals surface area contributed by atoms with Crippen LogP contribution in [0.25, 0.3) is 0 Å². The molecule has 0 bridgehead atoms. The molecule has 1 saturated carbocycles. The molecule has 2 atom stereocenters. The van der Waals surface area contributed by atoms with Crippen LogP contribution in [0.1, 0.15) is 51.3 Å². The van der Waals surface area contributed by atoms with Crippen molar-refractivity contribution in [1.82, 2.24) is 0 Å². The largest absolute Gasteiger partial charge is 0.389 e. The van der Waals surface area contributed by atoms with E-state index in [4.69, 9.17) is 0 Å². The van der Waals surface area contributed by atoms with Gasteiger partial charge in [-0.1, -0.05) is 39.7 Å². The van der Waals surface area contributed by atoms with Crippen molar-refractivity contribution in [2.24, 2.45) is 11.3 Å². The van der Waals surface area contributed by atoms with E-state index in [0.717, 1.165) is 12.8 Å². The summed E-state index contributed by atoms with van der Waals surface area (Å²) < 4.78 is 0. The maximum atomic E-state index is 11.0. The monoisotopic (exact) mass is 252 g/mol. The van der Waals surface area contributed by atoms with Gasteiger partial charge in [-0.3, -0.25) is 0 Å². The highest BCUT2D eigenvalue weighted by molar-refractivity contribution is 7.09. The molecule has 0 aliphatic heterocycles. The third kappa shape index (κ3) is 2.92. The van der Waals surface area contributed by atoms with Gasteiger partial charge in [-0.05, 0) is 35.6 Å². The maximum absolute atomic E-state index is 11.0. The smallest absolute Gasteiger partial charge is 0.0728 e. The first-order valence-electron chi connectivity index (χ1n) is 6.67. The summed E-state index contributed by atoms with van der Waals surface area (Å²) in [4.78, 5) is 1.32. The first-order chi connectivity index (χ1) is 7.92. The molecule has 0 saturated heterocycles. The molecule has 2 unspecified atom stereocenters. The lowest BCUT2D eigenvalue weighted by atomic mass is 9.62. The highest BCUT2D eigenvalue weighted by atomic mass is 32.1. The summed E-state index contributed by atoms with van der Waals surface area (Å²) in [5.74, 6) is 0.422. The number of rotatable bonds is 2. The Morgan fingerprint density at radius 1 is 1.41 bits per heavy atom. The van der Waals surface area contributed by atoms with Gasteiger partial charge in [0.1, 0.15) is 0 Å². The zero-order chi connectivity index (χ0) is 12.5. The minimum absolute atomic E-state index is 0.201. The fourth-order valence-corrected chi connectivity index (χ4v) is 4.21. The van der Waals surface area contributed by atoms with E-state index in [0.29, 0.717) is 5.92 Å². The van der Waals surface area contributed by atoms with Gasteiger partial charge in [0.2, 0.25) is 0 Å². The van der Waals surface area contributed by atoms with Crippen molar-refractivity contribution in [2.45, 2.75) is 58.5 Å². The topological polar surface area (TPSA) is 20.2 Å². The number of hydrogen-bond donors (Lipinski definition) is 1.